The Kier molecular flexibility index (Phi) is 4.29. The highest BCUT2D eigenvalue weighted by atomic mass is 16.7. The van der Waals surface area contributed by atoms with Crippen molar-refractivity contribution in [3.8, 4) is 11.5 Å². The van der Waals surface area contributed by atoms with Gasteiger partial charge in [-0.15, -0.1) is 0 Å². The van der Waals surface area contributed by atoms with Gasteiger partial charge in [-0.2, -0.15) is 0 Å². The number of nitrogens with one attached hydrogen (secondary N) is 1. The first kappa shape index (κ1) is 14.2. The number of carbonyl (C=O) groups excluding carboxylic acids is 1. The summed E-state index contributed by atoms with van der Waals surface area (Å²) in [6.07, 6.45) is 2.86. The van der Waals surface area contributed by atoms with E-state index in [4.69, 9.17) is 14.2 Å². The largest absolute Gasteiger partial charge is 0.454 e. The lowest BCUT2D eigenvalue weighted by molar-refractivity contribution is -0.131. The van der Waals surface area contributed by atoms with Gasteiger partial charge >= 0.3 is 0 Å². The van der Waals surface area contributed by atoms with Crippen LogP contribution in [0.15, 0.2) is 18.2 Å². The number of benzene rings is 1. The van der Waals surface area contributed by atoms with Crippen molar-refractivity contribution in [3.63, 3.8) is 0 Å². The molecule has 1 unspecified atom stereocenters. The van der Waals surface area contributed by atoms with Gasteiger partial charge in [0.2, 0.25) is 12.7 Å². The molecule has 1 aromatic carbocycles. The van der Waals surface area contributed by atoms with Crippen molar-refractivity contribution in [2.75, 3.05) is 19.9 Å². The van der Waals surface area contributed by atoms with Crippen LogP contribution in [0.1, 0.15) is 25.3 Å². The number of fused-ring (bicyclic) bond motifs is 1. The molecule has 1 atom stereocenters. The van der Waals surface area contributed by atoms with Gasteiger partial charge in [0.25, 0.3) is 0 Å². The van der Waals surface area contributed by atoms with Crippen molar-refractivity contribution in [2.45, 2.75) is 32.3 Å². The summed E-state index contributed by atoms with van der Waals surface area (Å²) in [6.45, 7) is 3.38. The molecule has 1 saturated carbocycles. The molecule has 0 saturated heterocycles. The van der Waals surface area contributed by atoms with Crippen LogP contribution in [0.2, 0.25) is 0 Å². The minimum absolute atomic E-state index is 0.0450. The molecule has 5 nitrogen and oxygen atoms in total. The van der Waals surface area contributed by atoms with Crippen LogP contribution in [0.3, 0.4) is 0 Å². The molecular weight excluding hydrogens is 270 g/mol. The number of ether oxygens (including phenoxy) is 3. The van der Waals surface area contributed by atoms with Crippen LogP contribution >= 0.6 is 0 Å². The summed E-state index contributed by atoms with van der Waals surface area (Å²) in [5.74, 6) is 2.19. The van der Waals surface area contributed by atoms with E-state index in [2.05, 4.69) is 5.32 Å². The second-order valence-corrected chi connectivity index (χ2v) is 5.65. The lowest BCUT2D eigenvalue weighted by Crippen LogP contribution is -2.36. The highest BCUT2D eigenvalue weighted by Gasteiger charge is 2.23. The van der Waals surface area contributed by atoms with E-state index in [9.17, 15) is 4.79 Å². The zero-order chi connectivity index (χ0) is 14.7. The van der Waals surface area contributed by atoms with Crippen molar-refractivity contribution in [3.05, 3.63) is 23.8 Å². The first-order valence-corrected chi connectivity index (χ1v) is 7.50. The summed E-state index contributed by atoms with van der Waals surface area (Å²) in [7, 11) is 0. The highest BCUT2D eigenvalue weighted by molar-refractivity contribution is 5.80. The van der Waals surface area contributed by atoms with Gasteiger partial charge in [0.1, 0.15) is 6.10 Å². The third-order valence-electron chi connectivity index (χ3n) is 3.80. The van der Waals surface area contributed by atoms with Gasteiger partial charge in [-0.3, -0.25) is 4.79 Å². The second-order valence-electron chi connectivity index (χ2n) is 5.65. The predicted molar refractivity (Wildman–Crippen MR) is 77.4 cm³/mol. The van der Waals surface area contributed by atoms with Gasteiger partial charge < -0.3 is 19.5 Å². The molecule has 1 heterocycles. The monoisotopic (exact) mass is 291 g/mol. The quantitative estimate of drug-likeness (QED) is 0.833. The third-order valence-corrected chi connectivity index (χ3v) is 3.80. The Hall–Kier alpha value is -1.75. The Bertz CT molecular complexity index is 513. The Morgan fingerprint density at radius 2 is 2.19 bits per heavy atom. The minimum Gasteiger partial charge on any atom is -0.454 e. The molecule has 0 aromatic heterocycles. The van der Waals surface area contributed by atoms with Crippen LogP contribution in [-0.4, -0.2) is 32.0 Å². The van der Waals surface area contributed by atoms with E-state index in [0.29, 0.717) is 19.1 Å². The molecule has 1 amide bonds. The predicted octanol–water partition coefficient (Wildman–Crippen LogP) is 1.89. The zero-order valence-electron chi connectivity index (χ0n) is 12.3. The maximum Gasteiger partial charge on any atom is 0.248 e. The fourth-order valence-corrected chi connectivity index (χ4v) is 2.21. The number of carbonyl (C=O) groups is 1. The molecule has 5 heteroatoms. The smallest absolute Gasteiger partial charge is 0.248 e. The van der Waals surface area contributed by atoms with Crippen LogP contribution in [-0.2, 0) is 16.0 Å². The lowest BCUT2D eigenvalue weighted by Gasteiger charge is -2.13. The zero-order valence-corrected chi connectivity index (χ0v) is 12.3. The Balaban J connectivity index is 1.39. The molecule has 0 radical (unpaired) electrons. The van der Waals surface area contributed by atoms with Crippen molar-refractivity contribution in [1.82, 2.24) is 5.32 Å². The molecule has 1 aromatic rings. The molecule has 0 spiro atoms. The molecular formula is C16H21NO4. The molecule has 2 aliphatic rings. The topological polar surface area (TPSA) is 56.8 Å². The molecule has 3 rings (SSSR count). The van der Waals surface area contributed by atoms with E-state index in [1.54, 1.807) is 6.92 Å². The van der Waals surface area contributed by atoms with Crippen molar-refractivity contribution in [1.29, 1.82) is 0 Å². The molecule has 21 heavy (non-hydrogen) atoms. The van der Waals surface area contributed by atoms with Crippen LogP contribution < -0.4 is 14.8 Å². The van der Waals surface area contributed by atoms with Crippen molar-refractivity contribution >= 4 is 5.91 Å². The number of rotatable bonds is 7. The van der Waals surface area contributed by atoms with Gasteiger partial charge in [0, 0.05) is 6.54 Å². The van der Waals surface area contributed by atoms with E-state index in [1.807, 2.05) is 18.2 Å². The first-order chi connectivity index (χ1) is 10.2. The van der Waals surface area contributed by atoms with Crippen LogP contribution in [0, 0.1) is 5.92 Å². The number of amides is 1. The maximum atomic E-state index is 11.9. The normalized spacial score (nSPS) is 17.6. The van der Waals surface area contributed by atoms with E-state index in [0.717, 1.165) is 23.5 Å². The fourth-order valence-electron chi connectivity index (χ4n) is 2.21. The summed E-state index contributed by atoms with van der Waals surface area (Å²) >= 11 is 0. The molecule has 1 aliphatic carbocycles. The van der Waals surface area contributed by atoms with Gasteiger partial charge in [-0.25, -0.2) is 0 Å². The SMILES string of the molecule is CC(OCC1CC1)C(=O)NCCc1ccc2c(c1)OCO2. The summed E-state index contributed by atoms with van der Waals surface area (Å²) in [6, 6.07) is 5.86. The Labute approximate surface area is 124 Å². The number of hydrogen-bond donors (Lipinski definition) is 1. The highest BCUT2D eigenvalue weighted by Crippen LogP contribution is 2.32. The van der Waals surface area contributed by atoms with E-state index in [1.165, 1.54) is 12.8 Å². The Morgan fingerprint density at radius 3 is 3.00 bits per heavy atom. The number of hydrogen-bond acceptors (Lipinski definition) is 4. The second kappa shape index (κ2) is 6.35. The molecule has 114 valence electrons. The molecule has 1 N–H and O–H groups in total. The molecule has 1 fully saturated rings. The summed E-state index contributed by atoms with van der Waals surface area (Å²) < 4.78 is 16.1. The first-order valence-electron chi connectivity index (χ1n) is 7.50. The van der Waals surface area contributed by atoms with Crippen LogP contribution in [0.4, 0.5) is 0 Å². The third kappa shape index (κ3) is 3.88. The standard InChI is InChI=1S/C16H21NO4/c1-11(19-9-13-2-3-13)16(18)17-7-6-12-4-5-14-15(8-12)21-10-20-14/h4-5,8,11,13H,2-3,6-7,9-10H2,1H3,(H,17,18). The van der Waals surface area contributed by atoms with Crippen molar-refractivity contribution in [2.24, 2.45) is 5.92 Å². The van der Waals surface area contributed by atoms with Gasteiger partial charge in [-0.05, 0) is 49.8 Å². The lowest BCUT2D eigenvalue weighted by atomic mass is 10.1. The summed E-state index contributed by atoms with van der Waals surface area (Å²) in [4.78, 5) is 11.9. The summed E-state index contributed by atoms with van der Waals surface area (Å²) in [5.41, 5.74) is 1.12. The molecule has 0 bridgehead atoms. The van der Waals surface area contributed by atoms with Crippen molar-refractivity contribution < 1.29 is 19.0 Å². The van der Waals surface area contributed by atoms with E-state index >= 15 is 0 Å². The van der Waals surface area contributed by atoms with Gasteiger partial charge in [-0.1, -0.05) is 6.07 Å². The average Bonchev–Trinajstić information content (AvgIpc) is 3.20. The van der Waals surface area contributed by atoms with Gasteiger partial charge in [0.05, 0.1) is 6.61 Å². The summed E-state index contributed by atoms with van der Waals surface area (Å²) in [5, 5.41) is 2.91. The van der Waals surface area contributed by atoms with Crippen LogP contribution in [0.25, 0.3) is 0 Å². The van der Waals surface area contributed by atoms with Crippen LogP contribution in [0.5, 0.6) is 11.5 Å². The Morgan fingerprint density at radius 1 is 1.38 bits per heavy atom. The van der Waals surface area contributed by atoms with E-state index in [-0.39, 0.29) is 18.8 Å². The maximum absolute atomic E-state index is 11.9. The minimum atomic E-state index is -0.373. The van der Waals surface area contributed by atoms with E-state index < -0.39 is 0 Å². The van der Waals surface area contributed by atoms with Gasteiger partial charge in [0.15, 0.2) is 11.5 Å². The molecule has 1 aliphatic heterocycles. The fraction of sp³-hybridized carbons (Fsp3) is 0.562. The average molecular weight is 291 g/mol.